The van der Waals surface area contributed by atoms with Crippen LogP contribution in [0.1, 0.15) is 18.4 Å². The van der Waals surface area contributed by atoms with Crippen LogP contribution in [0.15, 0.2) is 66.3 Å². The highest BCUT2D eigenvalue weighted by molar-refractivity contribution is 7.13. The van der Waals surface area contributed by atoms with Crippen LogP contribution < -0.4 is 5.32 Å². The zero-order valence-corrected chi connectivity index (χ0v) is 15.1. The van der Waals surface area contributed by atoms with Crippen molar-refractivity contribution in [2.24, 2.45) is 0 Å². The fraction of sp³-hybridized carbons (Fsp3) is 0.143. The van der Waals surface area contributed by atoms with E-state index in [2.05, 4.69) is 27.4 Å². The van der Waals surface area contributed by atoms with Gasteiger partial charge < -0.3 is 10.3 Å². The largest absolute Gasteiger partial charge is 0.361 e. The Bertz CT molecular complexity index is 1000. The summed E-state index contributed by atoms with van der Waals surface area (Å²) in [5, 5.41) is 7.15. The lowest BCUT2D eigenvalue weighted by molar-refractivity contribution is -0.116. The van der Waals surface area contributed by atoms with Crippen LogP contribution in [0.4, 0.5) is 5.69 Å². The summed E-state index contributed by atoms with van der Waals surface area (Å²) in [6.45, 7) is 0. The zero-order chi connectivity index (χ0) is 17.8. The summed E-state index contributed by atoms with van der Waals surface area (Å²) < 4.78 is 0. The minimum Gasteiger partial charge on any atom is -0.361 e. The van der Waals surface area contributed by atoms with Crippen molar-refractivity contribution < 1.29 is 4.79 Å². The first kappa shape index (κ1) is 16.5. The number of carbonyl (C=O) groups excluding carboxylic acids is 1. The Hall–Kier alpha value is -2.92. The molecule has 0 aliphatic rings. The van der Waals surface area contributed by atoms with E-state index in [1.54, 1.807) is 17.5 Å². The lowest BCUT2D eigenvalue weighted by Crippen LogP contribution is -2.11. The van der Waals surface area contributed by atoms with Crippen LogP contribution in [-0.4, -0.2) is 15.9 Å². The van der Waals surface area contributed by atoms with Crippen molar-refractivity contribution in [3.63, 3.8) is 0 Å². The van der Waals surface area contributed by atoms with Gasteiger partial charge in [-0.3, -0.25) is 4.79 Å². The average molecular weight is 361 g/mol. The number of hydrogen-bond donors (Lipinski definition) is 2. The van der Waals surface area contributed by atoms with Crippen LogP contribution in [0, 0.1) is 0 Å². The number of nitrogens with zero attached hydrogens (tertiary/aromatic N) is 1. The third-order valence-electron chi connectivity index (χ3n) is 4.37. The number of aromatic amines is 1. The maximum Gasteiger partial charge on any atom is 0.224 e. The minimum atomic E-state index is 0.0480. The monoisotopic (exact) mass is 361 g/mol. The van der Waals surface area contributed by atoms with Crippen molar-refractivity contribution in [1.82, 2.24) is 9.97 Å². The standard InChI is InChI=1S/C21H19N3OS/c25-20(7-3-4-16-14-23-19-6-2-1-5-18(16)19)24-17-10-8-15(9-11-17)21-22-12-13-26-21/h1-2,5-6,8-14,23H,3-4,7H2,(H,24,25). The third-order valence-corrected chi connectivity index (χ3v) is 5.19. The van der Waals surface area contributed by atoms with Gasteiger partial charge in [0.1, 0.15) is 5.01 Å². The molecular weight excluding hydrogens is 342 g/mol. The molecule has 2 heterocycles. The number of amides is 1. The fourth-order valence-corrected chi connectivity index (χ4v) is 3.71. The van der Waals surface area contributed by atoms with Crippen molar-refractivity contribution in [1.29, 1.82) is 0 Å². The van der Waals surface area contributed by atoms with Gasteiger partial charge in [0.2, 0.25) is 5.91 Å². The van der Waals surface area contributed by atoms with Crippen LogP contribution in [-0.2, 0) is 11.2 Å². The molecule has 0 aliphatic heterocycles. The van der Waals surface area contributed by atoms with Gasteiger partial charge in [0.05, 0.1) is 0 Å². The Balaban J connectivity index is 1.30. The highest BCUT2D eigenvalue weighted by Crippen LogP contribution is 2.23. The number of fused-ring (bicyclic) bond motifs is 1. The van der Waals surface area contributed by atoms with Crippen LogP contribution in [0.3, 0.4) is 0 Å². The van der Waals surface area contributed by atoms with Crippen LogP contribution in [0.2, 0.25) is 0 Å². The maximum absolute atomic E-state index is 12.2. The number of benzene rings is 2. The second-order valence-electron chi connectivity index (χ2n) is 6.18. The Morgan fingerprint density at radius 1 is 1.12 bits per heavy atom. The van der Waals surface area contributed by atoms with E-state index >= 15 is 0 Å². The van der Waals surface area contributed by atoms with Gasteiger partial charge in [0, 0.05) is 46.3 Å². The normalized spacial score (nSPS) is 10.9. The molecule has 2 aromatic heterocycles. The first-order chi connectivity index (χ1) is 12.8. The van der Waals surface area contributed by atoms with E-state index < -0.39 is 0 Å². The summed E-state index contributed by atoms with van der Waals surface area (Å²) in [5.41, 5.74) is 4.30. The van der Waals surface area contributed by atoms with E-state index in [0.717, 1.165) is 34.6 Å². The van der Waals surface area contributed by atoms with Gasteiger partial charge in [0.15, 0.2) is 0 Å². The second kappa shape index (κ2) is 7.54. The Morgan fingerprint density at radius 3 is 2.77 bits per heavy atom. The summed E-state index contributed by atoms with van der Waals surface area (Å²) in [6, 6.07) is 16.1. The number of hydrogen-bond acceptors (Lipinski definition) is 3. The molecule has 4 aromatic rings. The number of nitrogens with one attached hydrogen (secondary N) is 2. The molecule has 130 valence electrons. The molecule has 0 saturated heterocycles. The summed E-state index contributed by atoms with van der Waals surface area (Å²) in [4.78, 5) is 19.8. The number of rotatable bonds is 6. The van der Waals surface area contributed by atoms with Gasteiger partial charge in [-0.05, 0) is 48.7 Å². The Kier molecular flexibility index (Phi) is 4.80. The molecule has 0 spiro atoms. The summed E-state index contributed by atoms with van der Waals surface area (Å²) >= 11 is 1.61. The van der Waals surface area contributed by atoms with Gasteiger partial charge >= 0.3 is 0 Å². The van der Waals surface area contributed by atoms with E-state index in [9.17, 15) is 4.79 Å². The second-order valence-corrected chi connectivity index (χ2v) is 7.07. The number of thiazole rings is 1. The highest BCUT2D eigenvalue weighted by atomic mass is 32.1. The lowest BCUT2D eigenvalue weighted by Gasteiger charge is -2.06. The van der Waals surface area contributed by atoms with E-state index in [-0.39, 0.29) is 5.91 Å². The number of anilines is 1. The van der Waals surface area contributed by atoms with Crippen LogP contribution in [0.5, 0.6) is 0 Å². The molecule has 5 heteroatoms. The smallest absolute Gasteiger partial charge is 0.224 e. The zero-order valence-electron chi connectivity index (χ0n) is 14.2. The number of H-pyrrole nitrogens is 1. The van der Waals surface area contributed by atoms with Gasteiger partial charge in [-0.25, -0.2) is 4.98 Å². The molecule has 4 rings (SSSR count). The third kappa shape index (κ3) is 3.68. The molecule has 0 fully saturated rings. The molecule has 0 aliphatic carbocycles. The molecule has 0 radical (unpaired) electrons. The summed E-state index contributed by atoms with van der Waals surface area (Å²) in [7, 11) is 0. The lowest BCUT2D eigenvalue weighted by atomic mass is 10.1. The van der Waals surface area contributed by atoms with E-state index in [1.165, 1.54) is 10.9 Å². The predicted octanol–water partition coefficient (Wildman–Crippen LogP) is 5.25. The van der Waals surface area contributed by atoms with E-state index in [0.29, 0.717) is 6.42 Å². The van der Waals surface area contributed by atoms with Crippen molar-refractivity contribution in [2.75, 3.05) is 5.32 Å². The highest BCUT2D eigenvalue weighted by Gasteiger charge is 2.07. The Labute approximate surface area is 155 Å². The quantitative estimate of drug-likeness (QED) is 0.492. The molecule has 26 heavy (non-hydrogen) atoms. The van der Waals surface area contributed by atoms with E-state index in [1.807, 2.05) is 48.0 Å². The molecule has 2 aromatic carbocycles. The van der Waals surface area contributed by atoms with Crippen molar-refractivity contribution in [3.05, 3.63) is 71.9 Å². The maximum atomic E-state index is 12.2. The van der Waals surface area contributed by atoms with E-state index in [4.69, 9.17) is 0 Å². The first-order valence-electron chi connectivity index (χ1n) is 8.64. The molecular formula is C21H19N3OS. The van der Waals surface area contributed by atoms with Gasteiger partial charge in [-0.15, -0.1) is 11.3 Å². The number of aryl methyl sites for hydroxylation is 1. The van der Waals surface area contributed by atoms with Crippen LogP contribution >= 0.6 is 11.3 Å². The molecule has 2 N–H and O–H groups in total. The molecule has 0 atom stereocenters. The molecule has 0 saturated carbocycles. The minimum absolute atomic E-state index is 0.0480. The van der Waals surface area contributed by atoms with Gasteiger partial charge in [-0.1, -0.05) is 18.2 Å². The summed E-state index contributed by atoms with van der Waals surface area (Å²) in [5.74, 6) is 0.0480. The van der Waals surface area contributed by atoms with Crippen LogP contribution in [0.25, 0.3) is 21.5 Å². The number of aromatic nitrogens is 2. The first-order valence-corrected chi connectivity index (χ1v) is 9.52. The predicted molar refractivity (Wildman–Crippen MR) is 107 cm³/mol. The van der Waals surface area contributed by atoms with Gasteiger partial charge in [0.25, 0.3) is 0 Å². The van der Waals surface area contributed by atoms with Crippen molar-refractivity contribution in [3.8, 4) is 10.6 Å². The number of para-hydroxylation sites is 1. The van der Waals surface area contributed by atoms with Gasteiger partial charge in [-0.2, -0.15) is 0 Å². The molecule has 0 bridgehead atoms. The Morgan fingerprint density at radius 2 is 1.96 bits per heavy atom. The molecule has 0 unspecified atom stereocenters. The molecule has 1 amide bonds. The topological polar surface area (TPSA) is 57.8 Å². The van der Waals surface area contributed by atoms with Crippen molar-refractivity contribution in [2.45, 2.75) is 19.3 Å². The fourth-order valence-electron chi connectivity index (χ4n) is 3.06. The molecule has 4 nitrogen and oxygen atoms in total. The summed E-state index contributed by atoms with van der Waals surface area (Å²) in [6.07, 6.45) is 6.06. The average Bonchev–Trinajstić information content (AvgIpc) is 3.33. The SMILES string of the molecule is O=C(CCCc1c[nH]c2ccccc12)Nc1ccc(-c2nccs2)cc1. The number of carbonyl (C=O) groups is 1. The van der Waals surface area contributed by atoms with Crippen molar-refractivity contribution >= 4 is 33.8 Å².